The van der Waals surface area contributed by atoms with E-state index < -0.39 is 17.9 Å². The van der Waals surface area contributed by atoms with E-state index in [1.54, 1.807) is 4.90 Å². The van der Waals surface area contributed by atoms with Crippen LogP contribution in [0.25, 0.3) is 0 Å². The Bertz CT molecular complexity index is 715. The standard InChI is InChI=1S/C23H33N3O3/c1-3-4-15-25-16-17-26(23(29)22(25)28)20(18-11-7-5-8-12-18)21(27)24(2)19-13-9-6-10-14-19/h5,7-8,11-12,19-20H,3-4,6,9-10,13-17H2,1-2H3/t20-/m0/s1. The van der Waals surface area contributed by atoms with E-state index in [9.17, 15) is 14.4 Å². The zero-order chi connectivity index (χ0) is 20.8. The Kier molecular flexibility index (Phi) is 7.29. The van der Waals surface area contributed by atoms with E-state index in [0.717, 1.165) is 44.1 Å². The van der Waals surface area contributed by atoms with Gasteiger partial charge in [0.15, 0.2) is 0 Å². The Hall–Kier alpha value is -2.37. The first-order valence-corrected chi connectivity index (χ1v) is 11.0. The molecular weight excluding hydrogens is 366 g/mol. The molecule has 0 radical (unpaired) electrons. The van der Waals surface area contributed by atoms with Crippen LogP contribution >= 0.6 is 0 Å². The molecule has 0 unspecified atom stereocenters. The van der Waals surface area contributed by atoms with Gasteiger partial charge in [-0.15, -0.1) is 0 Å². The van der Waals surface area contributed by atoms with Crippen LogP contribution in [0.3, 0.4) is 0 Å². The minimum atomic E-state index is -0.743. The number of benzene rings is 1. The summed E-state index contributed by atoms with van der Waals surface area (Å²) < 4.78 is 0. The number of nitrogens with zero attached hydrogens (tertiary/aromatic N) is 3. The Balaban J connectivity index is 1.83. The van der Waals surface area contributed by atoms with Gasteiger partial charge in [-0.2, -0.15) is 0 Å². The van der Waals surface area contributed by atoms with Crippen LogP contribution in [0.1, 0.15) is 63.5 Å². The molecule has 1 aliphatic carbocycles. The molecule has 2 aliphatic rings. The number of rotatable bonds is 7. The van der Waals surface area contributed by atoms with E-state index >= 15 is 0 Å². The van der Waals surface area contributed by atoms with Gasteiger partial charge in [-0.05, 0) is 24.8 Å². The van der Waals surface area contributed by atoms with Crippen LogP contribution in [0.4, 0.5) is 0 Å². The fourth-order valence-electron chi connectivity index (χ4n) is 4.43. The van der Waals surface area contributed by atoms with Crippen molar-refractivity contribution in [2.24, 2.45) is 0 Å². The fraction of sp³-hybridized carbons (Fsp3) is 0.609. The van der Waals surface area contributed by atoms with Crippen molar-refractivity contribution in [3.63, 3.8) is 0 Å². The molecule has 0 N–H and O–H groups in total. The third-order valence-electron chi connectivity index (χ3n) is 6.25. The Morgan fingerprint density at radius 1 is 1.07 bits per heavy atom. The maximum atomic E-state index is 13.6. The second-order valence-electron chi connectivity index (χ2n) is 8.20. The van der Waals surface area contributed by atoms with Crippen LogP contribution in [-0.4, -0.2) is 65.1 Å². The summed E-state index contributed by atoms with van der Waals surface area (Å²) in [5.41, 5.74) is 0.767. The summed E-state index contributed by atoms with van der Waals surface area (Å²) >= 11 is 0. The Morgan fingerprint density at radius 2 is 1.76 bits per heavy atom. The van der Waals surface area contributed by atoms with Crippen molar-refractivity contribution in [2.45, 2.75) is 64.0 Å². The Labute approximate surface area is 173 Å². The minimum absolute atomic E-state index is 0.0914. The quantitative estimate of drug-likeness (QED) is 0.662. The number of likely N-dealkylation sites (N-methyl/N-ethyl adjacent to an activating group) is 1. The van der Waals surface area contributed by atoms with Gasteiger partial charge >= 0.3 is 11.8 Å². The van der Waals surface area contributed by atoms with Crippen LogP contribution < -0.4 is 0 Å². The molecule has 6 nitrogen and oxygen atoms in total. The third-order valence-corrected chi connectivity index (χ3v) is 6.25. The van der Waals surface area contributed by atoms with Crippen LogP contribution in [0.15, 0.2) is 30.3 Å². The molecule has 3 amide bonds. The lowest BCUT2D eigenvalue weighted by Gasteiger charge is -2.41. The predicted octanol–water partition coefficient (Wildman–Crippen LogP) is 2.99. The maximum Gasteiger partial charge on any atom is 0.313 e. The lowest BCUT2D eigenvalue weighted by atomic mass is 9.93. The smallest absolute Gasteiger partial charge is 0.313 e. The SMILES string of the molecule is CCCCN1CCN([C@H](C(=O)N(C)C2CCCCC2)c2ccccc2)C(=O)C1=O. The molecule has 29 heavy (non-hydrogen) atoms. The number of amides is 3. The summed E-state index contributed by atoms with van der Waals surface area (Å²) in [5.74, 6) is -1.14. The van der Waals surface area contributed by atoms with Crippen molar-refractivity contribution in [3.05, 3.63) is 35.9 Å². The highest BCUT2D eigenvalue weighted by Crippen LogP contribution is 2.29. The second-order valence-corrected chi connectivity index (χ2v) is 8.20. The zero-order valence-electron chi connectivity index (χ0n) is 17.7. The minimum Gasteiger partial charge on any atom is -0.341 e. The van der Waals surface area contributed by atoms with Gasteiger partial charge in [0.25, 0.3) is 0 Å². The zero-order valence-corrected chi connectivity index (χ0v) is 17.7. The van der Waals surface area contributed by atoms with Crippen LogP contribution in [0, 0.1) is 0 Å². The molecule has 0 bridgehead atoms. The van der Waals surface area contributed by atoms with Crippen molar-refractivity contribution >= 4 is 17.7 Å². The van der Waals surface area contributed by atoms with Crippen molar-refractivity contribution in [3.8, 4) is 0 Å². The van der Waals surface area contributed by atoms with Gasteiger partial charge < -0.3 is 14.7 Å². The second kappa shape index (κ2) is 9.90. The summed E-state index contributed by atoms with van der Waals surface area (Å²) in [7, 11) is 1.85. The van der Waals surface area contributed by atoms with Gasteiger partial charge in [-0.3, -0.25) is 14.4 Å². The number of hydrogen-bond donors (Lipinski definition) is 0. The molecule has 6 heteroatoms. The Morgan fingerprint density at radius 3 is 2.41 bits per heavy atom. The fourth-order valence-corrected chi connectivity index (χ4v) is 4.43. The molecule has 1 saturated heterocycles. The number of carbonyl (C=O) groups is 3. The molecule has 1 aromatic rings. The normalized spacial score (nSPS) is 19.4. The van der Waals surface area contributed by atoms with E-state index in [4.69, 9.17) is 0 Å². The van der Waals surface area contributed by atoms with Crippen LogP contribution in [0.2, 0.25) is 0 Å². The predicted molar refractivity (Wildman–Crippen MR) is 112 cm³/mol. The van der Waals surface area contributed by atoms with Crippen molar-refractivity contribution < 1.29 is 14.4 Å². The first-order valence-electron chi connectivity index (χ1n) is 11.0. The van der Waals surface area contributed by atoms with Gasteiger partial charge in [-0.1, -0.05) is 62.9 Å². The van der Waals surface area contributed by atoms with Crippen LogP contribution in [0.5, 0.6) is 0 Å². The highest BCUT2D eigenvalue weighted by molar-refractivity contribution is 6.35. The van der Waals surface area contributed by atoms with E-state index in [2.05, 4.69) is 6.92 Å². The molecule has 1 aliphatic heterocycles. The van der Waals surface area contributed by atoms with Gasteiger partial charge in [0.1, 0.15) is 6.04 Å². The topological polar surface area (TPSA) is 60.9 Å². The molecule has 1 heterocycles. The van der Waals surface area contributed by atoms with Crippen molar-refractivity contribution in [2.75, 3.05) is 26.7 Å². The highest BCUT2D eigenvalue weighted by Gasteiger charge is 2.41. The van der Waals surface area contributed by atoms with E-state index in [0.29, 0.717) is 19.6 Å². The molecule has 1 atom stereocenters. The van der Waals surface area contributed by atoms with Crippen molar-refractivity contribution in [1.29, 1.82) is 0 Å². The molecule has 2 fully saturated rings. The molecule has 1 aromatic carbocycles. The summed E-state index contributed by atoms with van der Waals surface area (Å²) in [6, 6.07) is 8.86. The first kappa shape index (κ1) is 21.3. The molecule has 1 saturated carbocycles. The van der Waals surface area contributed by atoms with Crippen molar-refractivity contribution in [1.82, 2.24) is 14.7 Å². The van der Waals surface area contributed by atoms with E-state index in [1.807, 2.05) is 42.3 Å². The van der Waals surface area contributed by atoms with Gasteiger partial charge in [-0.25, -0.2) is 0 Å². The summed E-state index contributed by atoms with van der Waals surface area (Å²) in [6.45, 7) is 3.53. The average Bonchev–Trinajstić information content (AvgIpc) is 2.77. The summed E-state index contributed by atoms with van der Waals surface area (Å²) in [4.78, 5) is 44.1. The summed E-state index contributed by atoms with van der Waals surface area (Å²) in [5, 5.41) is 0. The molecule has 0 aromatic heterocycles. The van der Waals surface area contributed by atoms with Gasteiger partial charge in [0.05, 0.1) is 0 Å². The summed E-state index contributed by atoms with van der Waals surface area (Å²) in [6.07, 6.45) is 7.33. The molecule has 158 valence electrons. The van der Waals surface area contributed by atoms with E-state index in [1.165, 1.54) is 11.3 Å². The van der Waals surface area contributed by atoms with E-state index in [-0.39, 0.29) is 11.9 Å². The number of carbonyl (C=O) groups excluding carboxylic acids is 3. The molecule has 0 spiro atoms. The maximum absolute atomic E-state index is 13.6. The molecular formula is C23H33N3O3. The lowest BCUT2D eigenvalue weighted by Crippen LogP contribution is -2.58. The number of unbranched alkanes of at least 4 members (excludes halogenated alkanes) is 1. The lowest BCUT2D eigenvalue weighted by molar-refractivity contribution is -0.161. The van der Waals surface area contributed by atoms with Crippen LogP contribution in [-0.2, 0) is 14.4 Å². The monoisotopic (exact) mass is 399 g/mol. The van der Waals surface area contributed by atoms with Gasteiger partial charge in [0, 0.05) is 32.7 Å². The number of piperazine rings is 1. The first-order chi connectivity index (χ1) is 14.0. The highest BCUT2D eigenvalue weighted by atomic mass is 16.2. The largest absolute Gasteiger partial charge is 0.341 e. The third kappa shape index (κ3) is 4.80. The number of hydrogen-bond acceptors (Lipinski definition) is 3. The van der Waals surface area contributed by atoms with Gasteiger partial charge in [0.2, 0.25) is 5.91 Å². The molecule has 3 rings (SSSR count). The average molecular weight is 400 g/mol.